The van der Waals surface area contributed by atoms with Crippen LogP contribution >= 0.6 is 11.6 Å². The Kier molecular flexibility index (Phi) is 4.93. The van der Waals surface area contributed by atoms with Crippen molar-refractivity contribution >= 4 is 29.0 Å². The number of hydrogen-bond donors (Lipinski definition) is 2. The smallest absolute Gasteiger partial charge is 0.230 e. The molecule has 2 fully saturated rings. The molecule has 5 rings (SSSR count). The number of anilines is 2. The number of ether oxygens (including phenoxy) is 1. The molecule has 0 unspecified atom stereocenters. The van der Waals surface area contributed by atoms with E-state index in [-0.39, 0.29) is 30.0 Å². The van der Waals surface area contributed by atoms with Crippen molar-refractivity contribution in [3.05, 3.63) is 77.4 Å². The Morgan fingerprint density at radius 2 is 1.87 bits per heavy atom. The van der Waals surface area contributed by atoms with E-state index in [0.29, 0.717) is 16.5 Å². The minimum Gasteiger partial charge on any atom is -0.384 e. The maximum atomic E-state index is 13.3. The maximum absolute atomic E-state index is 13.3. The van der Waals surface area contributed by atoms with Crippen molar-refractivity contribution in [3.8, 4) is 11.1 Å². The molecule has 0 aliphatic carbocycles. The molecule has 5 nitrogen and oxygen atoms in total. The fourth-order valence-corrected chi connectivity index (χ4v) is 5.07. The zero-order valence-corrected chi connectivity index (χ0v) is 17.0. The SMILES string of the molecule is Nc1cc([C@@H]2[C@@H](C(=O)Nc3ccc(-c4ccccc4)c(Cl)c3)[C@H]3CC[C@@H]2O3)ccn1. The Morgan fingerprint density at radius 3 is 2.63 bits per heavy atom. The predicted molar refractivity (Wildman–Crippen MR) is 118 cm³/mol. The number of amides is 1. The van der Waals surface area contributed by atoms with Gasteiger partial charge in [-0.05, 0) is 48.2 Å². The topological polar surface area (TPSA) is 77.2 Å². The summed E-state index contributed by atoms with van der Waals surface area (Å²) in [5, 5.41) is 3.65. The molecule has 2 aromatic carbocycles. The van der Waals surface area contributed by atoms with Crippen molar-refractivity contribution in [1.82, 2.24) is 4.98 Å². The summed E-state index contributed by atoms with van der Waals surface area (Å²) in [5.41, 5.74) is 9.54. The van der Waals surface area contributed by atoms with Gasteiger partial charge in [-0.1, -0.05) is 48.0 Å². The summed E-state index contributed by atoms with van der Waals surface area (Å²) in [7, 11) is 0. The molecule has 30 heavy (non-hydrogen) atoms. The summed E-state index contributed by atoms with van der Waals surface area (Å²) in [6, 6.07) is 19.3. The van der Waals surface area contributed by atoms with Crippen molar-refractivity contribution < 1.29 is 9.53 Å². The minimum atomic E-state index is -0.266. The first-order valence-corrected chi connectivity index (χ1v) is 10.5. The quantitative estimate of drug-likeness (QED) is 0.631. The summed E-state index contributed by atoms with van der Waals surface area (Å²) in [5.74, 6) is 0.120. The highest BCUT2D eigenvalue weighted by atomic mass is 35.5. The number of nitrogens with two attached hydrogens (primary N) is 1. The van der Waals surface area contributed by atoms with Gasteiger partial charge in [-0.15, -0.1) is 0 Å². The number of fused-ring (bicyclic) bond motifs is 2. The van der Waals surface area contributed by atoms with Gasteiger partial charge >= 0.3 is 0 Å². The predicted octanol–water partition coefficient (Wildman–Crippen LogP) is 4.88. The molecule has 0 saturated carbocycles. The molecule has 0 spiro atoms. The maximum Gasteiger partial charge on any atom is 0.230 e. The van der Waals surface area contributed by atoms with E-state index in [4.69, 9.17) is 22.1 Å². The highest BCUT2D eigenvalue weighted by molar-refractivity contribution is 6.33. The molecule has 152 valence electrons. The number of rotatable bonds is 4. The molecular weight excluding hydrogens is 398 g/mol. The number of halogens is 1. The molecule has 4 atom stereocenters. The second kappa shape index (κ2) is 7.74. The van der Waals surface area contributed by atoms with Crippen LogP contribution in [0.2, 0.25) is 5.02 Å². The monoisotopic (exact) mass is 419 g/mol. The van der Waals surface area contributed by atoms with Gasteiger partial charge in [-0.25, -0.2) is 4.98 Å². The highest BCUT2D eigenvalue weighted by Gasteiger charge is 2.52. The molecule has 6 heteroatoms. The van der Waals surface area contributed by atoms with Gasteiger partial charge in [0, 0.05) is 23.4 Å². The molecule has 2 saturated heterocycles. The molecule has 2 aliphatic rings. The third-order valence-electron chi connectivity index (χ3n) is 6.09. The Morgan fingerprint density at radius 1 is 1.07 bits per heavy atom. The summed E-state index contributed by atoms with van der Waals surface area (Å²) in [6.07, 6.45) is 3.50. The third kappa shape index (κ3) is 3.44. The molecule has 3 heterocycles. The number of pyridine rings is 1. The zero-order chi connectivity index (χ0) is 20.7. The van der Waals surface area contributed by atoms with Crippen LogP contribution in [0.3, 0.4) is 0 Å². The molecule has 1 amide bonds. The molecular formula is C24H22ClN3O2. The van der Waals surface area contributed by atoms with Gasteiger partial charge in [0.25, 0.3) is 0 Å². The summed E-state index contributed by atoms with van der Waals surface area (Å²) >= 11 is 6.52. The van der Waals surface area contributed by atoms with Crippen LogP contribution in [-0.2, 0) is 9.53 Å². The number of benzene rings is 2. The zero-order valence-electron chi connectivity index (χ0n) is 16.3. The van der Waals surface area contributed by atoms with Gasteiger partial charge in [0.1, 0.15) is 5.82 Å². The van der Waals surface area contributed by atoms with Crippen LogP contribution in [0.4, 0.5) is 11.5 Å². The lowest BCUT2D eigenvalue weighted by Crippen LogP contribution is -2.36. The van der Waals surface area contributed by atoms with Crippen molar-refractivity contribution in [2.45, 2.75) is 31.0 Å². The van der Waals surface area contributed by atoms with Gasteiger partial charge in [-0.3, -0.25) is 4.79 Å². The number of nitrogens with zero attached hydrogens (tertiary/aromatic N) is 1. The molecule has 3 N–H and O–H groups in total. The van der Waals surface area contributed by atoms with Crippen LogP contribution in [0.5, 0.6) is 0 Å². The molecule has 2 bridgehead atoms. The van der Waals surface area contributed by atoms with E-state index in [1.807, 2.05) is 54.6 Å². The number of carbonyl (C=O) groups is 1. The van der Waals surface area contributed by atoms with Crippen LogP contribution in [0, 0.1) is 5.92 Å². The van der Waals surface area contributed by atoms with Gasteiger partial charge in [0.2, 0.25) is 5.91 Å². The van der Waals surface area contributed by atoms with E-state index < -0.39 is 0 Å². The second-order valence-electron chi connectivity index (χ2n) is 7.91. The first-order valence-electron chi connectivity index (χ1n) is 10.1. The Balaban J connectivity index is 1.39. The van der Waals surface area contributed by atoms with Crippen LogP contribution in [0.25, 0.3) is 11.1 Å². The highest BCUT2D eigenvalue weighted by Crippen LogP contribution is 2.49. The largest absolute Gasteiger partial charge is 0.384 e. The average Bonchev–Trinajstić information content (AvgIpc) is 3.36. The Labute approximate surface area is 180 Å². The second-order valence-corrected chi connectivity index (χ2v) is 8.31. The normalized spacial score (nSPS) is 24.7. The fourth-order valence-electron chi connectivity index (χ4n) is 4.78. The van der Waals surface area contributed by atoms with Gasteiger partial charge in [-0.2, -0.15) is 0 Å². The first kappa shape index (κ1) is 19.1. The standard InChI is InChI=1S/C24H22ClN3O2/c25-18-13-16(6-7-17(18)14-4-2-1-3-5-14)28-24(29)23-20-9-8-19(30-20)22(23)15-10-11-27-21(26)12-15/h1-7,10-13,19-20,22-23H,8-9H2,(H2,26,27)(H,28,29)/t19-,20+,22-,23-/m0/s1. The third-order valence-corrected chi connectivity index (χ3v) is 6.40. The molecule has 2 aliphatic heterocycles. The number of carbonyl (C=O) groups excluding carboxylic acids is 1. The average molecular weight is 420 g/mol. The lowest BCUT2D eigenvalue weighted by atomic mass is 9.75. The summed E-state index contributed by atoms with van der Waals surface area (Å²) < 4.78 is 6.10. The van der Waals surface area contributed by atoms with Crippen LogP contribution < -0.4 is 11.1 Å². The fraction of sp³-hybridized carbons (Fsp3) is 0.250. The molecule has 0 radical (unpaired) electrons. The van der Waals surface area contributed by atoms with E-state index in [1.54, 1.807) is 12.3 Å². The van der Waals surface area contributed by atoms with E-state index in [1.165, 1.54) is 0 Å². The molecule has 1 aromatic heterocycles. The summed E-state index contributed by atoms with van der Waals surface area (Å²) in [6.45, 7) is 0. The lowest BCUT2D eigenvalue weighted by molar-refractivity contribution is -0.121. The van der Waals surface area contributed by atoms with Crippen LogP contribution in [0.1, 0.15) is 24.3 Å². The van der Waals surface area contributed by atoms with Gasteiger partial charge in [0.05, 0.1) is 23.1 Å². The van der Waals surface area contributed by atoms with E-state index >= 15 is 0 Å². The number of nitrogen functional groups attached to an aromatic ring is 1. The first-order chi connectivity index (χ1) is 14.6. The van der Waals surface area contributed by atoms with Crippen molar-refractivity contribution in [2.75, 3.05) is 11.1 Å². The summed E-state index contributed by atoms with van der Waals surface area (Å²) in [4.78, 5) is 17.3. The van der Waals surface area contributed by atoms with Crippen molar-refractivity contribution in [1.29, 1.82) is 0 Å². The number of nitrogens with one attached hydrogen (secondary N) is 1. The van der Waals surface area contributed by atoms with E-state index in [9.17, 15) is 4.79 Å². The van der Waals surface area contributed by atoms with Gasteiger partial charge in [0.15, 0.2) is 0 Å². The number of aromatic nitrogens is 1. The van der Waals surface area contributed by atoms with Crippen LogP contribution in [0.15, 0.2) is 66.9 Å². The van der Waals surface area contributed by atoms with Crippen LogP contribution in [-0.4, -0.2) is 23.1 Å². The number of hydrogen-bond acceptors (Lipinski definition) is 4. The molecule has 3 aromatic rings. The van der Waals surface area contributed by atoms with Crippen molar-refractivity contribution in [2.24, 2.45) is 5.92 Å². The Hall–Kier alpha value is -2.89. The van der Waals surface area contributed by atoms with E-state index in [2.05, 4.69) is 10.3 Å². The Bertz CT molecular complexity index is 1090. The van der Waals surface area contributed by atoms with Gasteiger partial charge < -0.3 is 15.8 Å². The minimum absolute atomic E-state index is 0.0203. The van der Waals surface area contributed by atoms with E-state index in [0.717, 1.165) is 29.5 Å². The van der Waals surface area contributed by atoms with Crippen molar-refractivity contribution in [3.63, 3.8) is 0 Å². The lowest BCUT2D eigenvalue weighted by Gasteiger charge is -2.27.